The molecule has 2 N–H and O–H groups in total. The zero-order valence-electron chi connectivity index (χ0n) is 11.6. The summed E-state index contributed by atoms with van der Waals surface area (Å²) in [5, 5.41) is 12.7. The minimum atomic E-state index is -0.606. The molecule has 0 aliphatic heterocycles. The summed E-state index contributed by atoms with van der Waals surface area (Å²) in [5.74, 6) is -0.108. The van der Waals surface area contributed by atoms with Gasteiger partial charge in [-0.2, -0.15) is 0 Å². The van der Waals surface area contributed by atoms with E-state index in [2.05, 4.69) is 5.32 Å². The second kappa shape index (κ2) is 6.28. The predicted octanol–water partition coefficient (Wildman–Crippen LogP) is 3.93. The summed E-state index contributed by atoms with van der Waals surface area (Å²) in [6.07, 6.45) is 0.137. The molecule has 0 saturated carbocycles. The number of benzene rings is 2. The highest BCUT2D eigenvalue weighted by atomic mass is 19.1. The number of phenols is 1. The molecule has 0 saturated heterocycles. The van der Waals surface area contributed by atoms with Gasteiger partial charge >= 0.3 is 0 Å². The van der Waals surface area contributed by atoms with Crippen molar-refractivity contribution in [2.75, 3.05) is 5.32 Å². The van der Waals surface area contributed by atoms with Gasteiger partial charge in [-0.25, -0.2) is 4.39 Å². The molecule has 0 aliphatic carbocycles. The summed E-state index contributed by atoms with van der Waals surface area (Å²) < 4.78 is 18.7. The molecule has 2 aromatic rings. The lowest BCUT2D eigenvalue weighted by Gasteiger charge is -2.11. The van der Waals surface area contributed by atoms with Gasteiger partial charge in [-0.1, -0.05) is 12.1 Å². The van der Waals surface area contributed by atoms with Gasteiger partial charge in [-0.05, 0) is 44.2 Å². The fourth-order valence-corrected chi connectivity index (χ4v) is 1.82. The number of rotatable bonds is 5. The van der Waals surface area contributed by atoms with E-state index in [4.69, 9.17) is 4.74 Å². The number of hydrogen-bond acceptors (Lipinski definition) is 3. The molecule has 0 heterocycles. The van der Waals surface area contributed by atoms with Crippen LogP contribution in [0.2, 0.25) is 0 Å². The highest BCUT2D eigenvalue weighted by Gasteiger charge is 2.06. The summed E-state index contributed by atoms with van der Waals surface area (Å²) in [6, 6.07) is 12.0. The van der Waals surface area contributed by atoms with Crippen molar-refractivity contribution < 1.29 is 14.2 Å². The topological polar surface area (TPSA) is 41.5 Å². The first-order valence-electron chi connectivity index (χ1n) is 6.53. The Morgan fingerprint density at radius 3 is 2.50 bits per heavy atom. The average molecular weight is 275 g/mol. The Hall–Kier alpha value is -2.23. The summed E-state index contributed by atoms with van der Waals surface area (Å²) in [4.78, 5) is 0. The van der Waals surface area contributed by atoms with Gasteiger partial charge in [0.05, 0.1) is 6.10 Å². The van der Waals surface area contributed by atoms with E-state index in [1.165, 1.54) is 6.07 Å². The van der Waals surface area contributed by atoms with Crippen LogP contribution >= 0.6 is 0 Å². The molecule has 0 spiro atoms. The van der Waals surface area contributed by atoms with Crippen molar-refractivity contribution in [3.05, 3.63) is 53.8 Å². The van der Waals surface area contributed by atoms with E-state index in [0.717, 1.165) is 11.4 Å². The maximum atomic E-state index is 13.2. The molecule has 0 unspecified atom stereocenters. The first-order chi connectivity index (χ1) is 9.56. The minimum absolute atomic E-state index is 0.137. The molecule has 3 nitrogen and oxygen atoms in total. The van der Waals surface area contributed by atoms with Crippen LogP contribution in [-0.4, -0.2) is 11.2 Å². The van der Waals surface area contributed by atoms with Crippen molar-refractivity contribution >= 4 is 5.69 Å². The van der Waals surface area contributed by atoms with Gasteiger partial charge in [-0.3, -0.25) is 0 Å². The fourth-order valence-electron chi connectivity index (χ4n) is 1.82. The second-order valence-corrected chi connectivity index (χ2v) is 4.79. The third-order valence-corrected chi connectivity index (χ3v) is 2.78. The highest BCUT2D eigenvalue weighted by Crippen LogP contribution is 2.22. The van der Waals surface area contributed by atoms with Gasteiger partial charge in [0.15, 0.2) is 11.6 Å². The summed E-state index contributed by atoms with van der Waals surface area (Å²) in [7, 11) is 0. The zero-order valence-corrected chi connectivity index (χ0v) is 11.6. The van der Waals surface area contributed by atoms with Gasteiger partial charge in [0, 0.05) is 17.8 Å². The Bertz CT molecular complexity index is 567. The van der Waals surface area contributed by atoms with Crippen molar-refractivity contribution in [3.8, 4) is 11.5 Å². The van der Waals surface area contributed by atoms with Gasteiger partial charge < -0.3 is 15.2 Å². The average Bonchev–Trinajstić information content (AvgIpc) is 2.41. The molecule has 2 aromatic carbocycles. The monoisotopic (exact) mass is 275 g/mol. The van der Waals surface area contributed by atoms with Crippen molar-refractivity contribution in [3.63, 3.8) is 0 Å². The van der Waals surface area contributed by atoms with E-state index in [1.54, 1.807) is 12.1 Å². The first-order valence-corrected chi connectivity index (χ1v) is 6.53. The van der Waals surface area contributed by atoms with Crippen LogP contribution < -0.4 is 10.1 Å². The van der Waals surface area contributed by atoms with Gasteiger partial charge in [0.1, 0.15) is 5.75 Å². The lowest BCUT2D eigenvalue weighted by atomic mass is 10.2. The smallest absolute Gasteiger partial charge is 0.165 e. The first kappa shape index (κ1) is 14.2. The SMILES string of the molecule is CC(C)Oc1ccc(NCc2cccc(F)c2O)cc1. The van der Waals surface area contributed by atoms with Crippen molar-refractivity contribution in [2.45, 2.75) is 26.5 Å². The largest absolute Gasteiger partial charge is 0.505 e. The third-order valence-electron chi connectivity index (χ3n) is 2.78. The maximum absolute atomic E-state index is 13.2. The number of anilines is 1. The van der Waals surface area contributed by atoms with Crippen LogP contribution in [0.5, 0.6) is 11.5 Å². The standard InChI is InChI=1S/C16H18FNO2/c1-11(2)20-14-8-6-13(7-9-14)18-10-12-4-3-5-15(17)16(12)19/h3-9,11,18-19H,10H2,1-2H3. The second-order valence-electron chi connectivity index (χ2n) is 4.79. The molecule has 2 rings (SSSR count). The van der Waals surface area contributed by atoms with E-state index >= 15 is 0 Å². The number of hydrogen-bond donors (Lipinski definition) is 2. The van der Waals surface area contributed by atoms with Crippen LogP contribution in [0.1, 0.15) is 19.4 Å². The third kappa shape index (κ3) is 3.63. The fraction of sp³-hybridized carbons (Fsp3) is 0.250. The number of halogens is 1. The molecule has 0 aromatic heterocycles. The van der Waals surface area contributed by atoms with Gasteiger partial charge in [0.2, 0.25) is 0 Å². The number of ether oxygens (including phenoxy) is 1. The lowest BCUT2D eigenvalue weighted by molar-refractivity contribution is 0.242. The van der Waals surface area contributed by atoms with Crippen LogP contribution in [0.25, 0.3) is 0 Å². The Balaban J connectivity index is 1.99. The number of phenolic OH excluding ortho intramolecular Hbond substituents is 1. The Morgan fingerprint density at radius 2 is 1.85 bits per heavy atom. The van der Waals surface area contributed by atoms with Crippen molar-refractivity contribution in [2.24, 2.45) is 0 Å². The molecule has 0 fully saturated rings. The van der Waals surface area contributed by atoms with E-state index in [1.807, 2.05) is 38.1 Å². The van der Waals surface area contributed by atoms with Crippen LogP contribution in [-0.2, 0) is 6.54 Å². The Labute approximate surface area is 118 Å². The molecule has 0 atom stereocenters. The molecule has 106 valence electrons. The summed E-state index contributed by atoms with van der Waals surface area (Å²) in [5.41, 5.74) is 1.40. The molecule has 0 aliphatic rings. The Kier molecular flexibility index (Phi) is 4.45. The van der Waals surface area contributed by atoms with Crippen LogP contribution in [0.15, 0.2) is 42.5 Å². The van der Waals surface area contributed by atoms with Crippen LogP contribution in [0.4, 0.5) is 10.1 Å². The molecule has 0 radical (unpaired) electrons. The van der Waals surface area contributed by atoms with Crippen LogP contribution in [0.3, 0.4) is 0 Å². The molecular formula is C16H18FNO2. The normalized spacial score (nSPS) is 10.6. The van der Waals surface area contributed by atoms with Gasteiger partial charge in [-0.15, -0.1) is 0 Å². The number of aromatic hydroxyl groups is 1. The molecule has 0 amide bonds. The highest BCUT2D eigenvalue weighted by molar-refractivity contribution is 5.47. The molecule has 4 heteroatoms. The van der Waals surface area contributed by atoms with E-state index in [0.29, 0.717) is 12.1 Å². The molecule has 20 heavy (non-hydrogen) atoms. The Morgan fingerprint density at radius 1 is 1.15 bits per heavy atom. The van der Waals surface area contributed by atoms with E-state index in [9.17, 15) is 9.50 Å². The van der Waals surface area contributed by atoms with Crippen molar-refractivity contribution in [1.29, 1.82) is 0 Å². The zero-order chi connectivity index (χ0) is 14.5. The van der Waals surface area contributed by atoms with Crippen LogP contribution in [0, 0.1) is 5.82 Å². The summed E-state index contributed by atoms with van der Waals surface area (Å²) >= 11 is 0. The predicted molar refractivity (Wildman–Crippen MR) is 77.6 cm³/mol. The summed E-state index contributed by atoms with van der Waals surface area (Å²) in [6.45, 7) is 4.30. The number of para-hydroxylation sites is 1. The lowest BCUT2D eigenvalue weighted by Crippen LogP contribution is -2.05. The van der Waals surface area contributed by atoms with Gasteiger partial charge in [0.25, 0.3) is 0 Å². The van der Waals surface area contributed by atoms with E-state index in [-0.39, 0.29) is 11.9 Å². The maximum Gasteiger partial charge on any atom is 0.165 e. The minimum Gasteiger partial charge on any atom is -0.505 e. The number of nitrogens with one attached hydrogen (secondary N) is 1. The molecule has 0 bridgehead atoms. The quantitative estimate of drug-likeness (QED) is 0.868. The molecular weight excluding hydrogens is 257 g/mol. The van der Waals surface area contributed by atoms with Crippen molar-refractivity contribution in [1.82, 2.24) is 0 Å². The van der Waals surface area contributed by atoms with E-state index < -0.39 is 5.82 Å².